The summed E-state index contributed by atoms with van der Waals surface area (Å²) in [5.74, 6) is 3.04. The average Bonchev–Trinajstić information content (AvgIpc) is 3.17. The molecule has 3 nitrogen and oxygen atoms in total. The molecule has 0 aromatic heterocycles. The van der Waals surface area contributed by atoms with Crippen LogP contribution in [0.15, 0.2) is 12.2 Å². The highest BCUT2D eigenvalue weighted by Crippen LogP contribution is 2.43. The summed E-state index contributed by atoms with van der Waals surface area (Å²) < 4.78 is 0. The molecule has 0 spiro atoms. The van der Waals surface area contributed by atoms with Gasteiger partial charge >= 0.3 is 0 Å². The fourth-order valence-corrected chi connectivity index (χ4v) is 6.56. The lowest BCUT2D eigenvalue weighted by Crippen LogP contribution is -2.53. The zero-order chi connectivity index (χ0) is 22.4. The Morgan fingerprint density at radius 1 is 1.06 bits per heavy atom. The van der Waals surface area contributed by atoms with E-state index in [2.05, 4.69) is 61.9 Å². The highest BCUT2D eigenvalue weighted by Gasteiger charge is 2.40. The second-order valence-corrected chi connectivity index (χ2v) is 12.4. The molecule has 0 bridgehead atoms. The predicted octanol–water partition coefficient (Wildman–Crippen LogP) is 5.64. The summed E-state index contributed by atoms with van der Waals surface area (Å²) >= 11 is 6.30. The van der Waals surface area contributed by atoms with E-state index in [1.54, 1.807) is 0 Å². The molecule has 4 heteroatoms. The van der Waals surface area contributed by atoms with Crippen molar-refractivity contribution in [1.29, 1.82) is 0 Å². The summed E-state index contributed by atoms with van der Waals surface area (Å²) in [4.78, 5) is 5.44. The van der Waals surface area contributed by atoms with Gasteiger partial charge in [-0.3, -0.25) is 0 Å². The summed E-state index contributed by atoms with van der Waals surface area (Å²) in [6, 6.07) is 0.601. The van der Waals surface area contributed by atoms with Gasteiger partial charge in [0.2, 0.25) is 0 Å². The number of hydrogen-bond acceptors (Lipinski definition) is 3. The molecule has 0 aromatic carbocycles. The molecule has 1 N–H and O–H groups in total. The van der Waals surface area contributed by atoms with Crippen molar-refractivity contribution in [3.05, 3.63) is 12.2 Å². The summed E-state index contributed by atoms with van der Waals surface area (Å²) in [6.07, 6.45) is 12.5. The summed E-state index contributed by atoms with van der Waals surface area (Å²) in [7, 11) is 0. The fourth-order valence-electron chi connectivity index (χ4n) is 6.35. The molecule has 2 heterocycles. The maximum absolute atomic E-state index is 6.30. The van der Waals surface area contributed by atoms with Crippen molar-refractivity contribution in [2.45, 2.75) is 84.6 Å². The number of nitrogens with one attached hydrogen (secondary N) is 1. The van der Waals surface area contributed by atoms with Crippen LogP contribution in [-0.2, 0) is 0 Å². The van der Waals surface area contributed by atoms with Crippen LogP contribution in [0.2, 0.25) is 0 Å². The van der Waals surface area contributed by atoms with Crippen molar-refractivity contribution in [2.75, 3.05) is 45.8 Å². The zero-order valence-corrected chi connectivity index (χ0v) is 21.8. The van der Waals surface area contributed by atoms with Crippen LogP contribution in [0, 0.1) is 29.1 Å². The summed E-state index contributed by atoms with van der Waals surface area (Å²) in [6.45, 7) is 20.9. The second kappa shape index (κ2) is 11.9. The molecule has 5 atom stereocenters. The molecule has 2 saturated heterocycles. The summed E-state index contributed by atoms with van der Waals surface area (Å²) in [5.41, 5.74) is 0.374. The third-order valence-electron chi connectivity index (χ3n) is 8.38. The number of allylic oxidation sites excluding steroid dienone is 2. The number of halogens is 1. The Hall–Kier alpha value is -0.0900. The number of hydrogen-bond donors (Lipinski definition) is 1. The Kier molecular flexibility index (Phi) is 9.77. The molecule has 0 radical (unpaired) electrons. The first kappa shape index (κ1) is 25.5. The van der Waals surface area contributed by atoms with E-state index in [1.807, 2.05) is 0 Å². The monoisotopic (exact) mass is 451 g/mol. The van der Waals surface area contributed by atoms with Crippen LogP contribution >= 0.6 is 11.6 Å². The highest BCUT2D eigenvalue weighted by atomic mass is 35.5. The molecule has 3 rings (SSSR count). The normalized spacial score (nSPS) is 33.3. The lowest BCUT2D eigenvalue weighted by molar-refractivity contribution is 0.0218. The maximum atomic E-state index is 6.30. The Morgan fingerprint density at radius 3 is 2.48 bits per heavy atom. The molecular formula is C27H50ClN3. The smallest absolute Gasteiger partial charge is 0.0516 e. The Morgan fingerprint density at radius 2 is 1.84 bits per heavy atom. The number of nitrogens with zero attached hydrogens (tertiary/aromatic N) is 2. The van der Waals surface area contributed by atoms with Gasteiger partial charge in [-0.1, -0.05) is 53.2 Å². The van der Waals surface area contributed by atoms with Gasteiger partial charge in [-0.2, -0.15) is 0 Å². The van der Waals surface area contributed by atoms with Gasteiger partial charge in [-0.25, -0.2) is 0 Å². The molecule has 0 amide bonds. The number of unbranched alkanes of at least 4 members (excludes halogenated alkanes) is 1. The Labute approximate surface area is 198 Å². The van der Waals surface area contributed by atoms with E-state index in [9.17, 15) is 0 Å². The first-order valence-corrected chi connectivity index (χ1v) is 13.7. The van der Waals surface area contributed by atoms with Gasteiger partial charge in [0, 0.05) is 25.7 Å². The quantitative estimate of drug-likeness (QED) is 0.342. The zero-order valence-electron chi connectivity index (χ0n) is 21.1. The van der Waals surface area contributed by atoms with E-state index in [1.165, 1.54) is 77.9 Å². The van der Waals surface area contributed by atoms with E-state index in [-0.39, 0.29) is 5.38 Å². The largest absolute Gasteiger partial charge is 0.312 e. The van der Waals surface area contributed by atoms with E-state index >= 15 is 0 Å². The molecule has 0 aromatic rings. The molecule has 0 saturated carbocycles. The van der Waals surface area contributed by atoms with Gasteiger partial charge in [-0.05, 0) is 87.4 Å². The van der Waals surface area contributed by atoms with Crippen LogP contribution in [0.3, 0.4) is 0 Å². The third kappa shape index (κ3) is 7.45. The minimum atomic E-state index is 0.260. The fraction of sp³-hybridized carbons (Fsp3) is 0.926. The lowest BCUT2D eigenvalue weighted by Gasteiger charge is -2.48. The Balaban J connectivity index is 1.47. The number of likely N-dealkylation sites (tertiary alicyclic amines) is 2. The molecular weight excluding hydrogens is 402 g/mol. The van der Waals surface area contributed by atoms with Gasteiger partial charge in [0.25, 0.3) is 0 Å². The van der Waals surface area contributed by atoms with Gasteiger partial charge in [0.1, 0.15) is 0 Å². The van der Waals surface area contributed by atoms with Crippen LogP contribution < -0.4 is 5.32 Å². The SMILES string of the molecule is CCCCN1CC[C@@H](CN[C@@H](CN2CC[C@H](C3C=CC(Cl)CC3)C(C)(C)C2)C(C)C)C1. The van der Waals surface area contributed by atoms with Crippen molar-refractivity contribution < 1.29 is 0 Å². The molecule has 1 aliphatic carbocycles. The second-order valence-electron chi connectivity index (χ2n) is 11.8. The topological polar surface area (TPSA) is 18.5 Å². The molecule has 3 aliphatic rings. The van der Waals surface area contributed by atoms with Gasteiger partial charge < -0.3 is 15.1 Å². The number of piperidine rings is 1. The Bertz CT molecular complexity index is 561. The highest BCUT2D eigenvalue weighted by molar-refractivity contribution is 6.21. The minimum Gasteiger partial charge on any atom is -0.312 e. The predicted molar refractivity (Wildman–Crippen MR) is 136 cm³/mol. The minimum absolute atomic E-state index is 0.260. The third-order valence-corrected chi connectivity index (χ3v) is 8.74. The van der Waals surface area contributed by atoms with Crippen molar-refractivity contribution in [2.24, 2.45) is 29.1 Å². The molecule has 2 fully saturated rings. The van der Waals surface area contributed by atoms with E-state index in [0.717, 1.165) is 24.2 Å². The molecule has 31 heavy (non-hydrogen) atoms. The molecule has 180 valence electrons. The summed E-state index contributed by atoms with van der Waals surface area (Å²) in [5, 5.41) is 4.26. The van der Waals surface area contributed by atoms with Crippen molar-refractivity contribution in [1.82, 2.24) is 15.1 Å². The average molecular weight is 452 g/mol. The standard InChI is InChI=1S/C27H50ClN3/c1-6-7-14-30-15-12-22(18-30)17-29-26(21(2)3)19-31-16-13-25(27(4,5)20-31)23-8-10-24(28)11-9-23/h8,10,21-26,29H,6-7,9,11-20H2,1-5H3/t22-,23?,24?,25+,26-/m0/s1. The van der Waals surface area contributed by atoms with E-state index < -0.39 is 0 Å². The first-order chi connectivity index (χ1) is 14.8. The van der Waals surface area contributed by atoms with Crippen LogP contribution in [0.5, 0.6) is 0 Å². The number of rotatable bonds is 10. The van der Waals surface area contributed by atoms with Crippen LogP contribution in [0.1, 0.15) is 73.1 Å². The molecule has 2 aliphatic heterocycles. The van der Waals surface area contributed by atoms with Gasteiger partial charge in [-0.15, -0.1) is 11.6 Å². The first-order valence-electron chi connectivity index (χ1n) is 13.3. The van der Waals surface area contributed by atoms with Crippen molar-refractivity contribution in [3.63, 3.8) is 0 Å². The lowest BCUT2D eigenvalue weighted by atomic mass is 9.65. The van der Waals surface area contributed by atoms with Gasteiger partial charge in [0.15, 0.2) is 0 Å². The van der Waals surface area contributed by atoms with E-state index in [0.29, 0.717) is 17.4 Å². The van der Waals surface area contributed by atoms with Crippen LogP contribution in [0.25, 0.3) is 0 Å². The van der Waals surface area contributed by atoms with E-state index in [4.69, 9.17) is 11.6 Å². The van der Waals surface area contributed by atoms with Crippen molar-refractivity contribution >= 4 is 11.6 Å². The van der Waals surface area contributed by atoms with Crippen LogP contribution in [-0.4, -0.2) is 67.0 Å². The van der Waals surface area contributed by atoms with Crippen LogP contribution in [0.4, 0.5) is 0 Å². The molecule has 2 unspecified atom stereocenters. The number of alkyl halides is 1. The van der Waals surface area contributed by atoms with Crippen molar-refractivity contribution in [3.8, 4) is 0 Å². The van der Waals surface area contributed by atoms with Gasteiger partial charge in [0.05, 0.1) is 5.38 Å². The maximum Gasteiger partial charge on any atom is 0.0516 e.